The Hall–Kier alpha value is -1.78. The smallest absolute Gasteiger partial charge is 0.416 e. The van der Waals surface area contributed by atoms with Crippen LogP contribution in [0.3, 0.4) is 0 Å². The summed E-state index contributed by atoms with van der Waals surface area (Å²) in [5.74, 6) is -0.0803. The molecule has 0 radical (unpaired) electrons. The first-order valence-electron chi connectivity index (χ1n) is 7.94. The maximum Gasteiger partial charge on any atom is 0.416 e. The van der Waals surface area contributed by atoms with E-state index in [1.54, 1.807) is 18.2 Å². The number of carbonyl (C=O) groups excluding carboxylic acids is 1. The number of carbonyl (C=O) groups is 1. The molecule has 2 rings (SSSR count). The van der Waals surface area contributed by atoms with E-state index < -0.39 is 11.7 Å². The number of hydrogen-bond acceptors (Lipinski definition) is 2. The number of rotatable bonds is 4. The van der Waals surface area contributed by atoms with Crippen LogP contribution in [0.4, 0.5) is 13.2 Å². The van der Waals surface area contributed by atoms with Crippen LogP contribution in [-0.4, -0.2) is 12.1 Å². The minimum absolute atomic E-state index is 0.0882. The second kappa shape index (κ2) is 7.66. The van der Waals surface area contributed by atoms with Crippen molar-refractivity contribution in [3.8, 4) is 0 Å². The van der Waals surface area contributed by atoms with Gasteiger partial charge in [0.2, 0.25) is 0 Å². The van der Waals surface area contributed by atoms with E-state index in [0.29, 0.717) is 0 Å². The Morgan fingerprint density at radius 2 is 1.78 bits per heavy atom. The largest absolute Gasteiger partial charge is 0.459 e. The van der Waals surface area contributed by atoms with Crippen molar-refractivity contribution in [1.29, 1.82) is 0 Å². The predicted octanol–water partition coefficient (Wildman–Crippen LogP) is 5.24. The molecule has 1 saturated carbocycles. The van der Waals surface area contributed by atoms with E-state index in [9.17, 15) is 18.0 Å². The van der Waals surface area contributed by atoms with Crippen molar-refractivity contribution in [1.82, 2.24) is 0 Å². The Labute approximate surface area is 134 Å². The van der Waals surface area contributed by atoms with Crippen LogP contribution in [-0.2, 0) is 15.7 Å². The van der Waals surface area contributed by atoms with Gasteiger partial charge in [0, 0.05) is 6.08 Å². The van der Waals surface area contributed by atoms with Gasteiger partial charge in [0.25, 0.3) is 0 Å². The van der Waals surface area contributed by atoms with Crippen molar-refractivity contribution >= 4 is 5.97 Å². The lowest BCUT2D eigenvalue weighted by Crippen LogP contribution is -2.23. The minimum atomic E-state index is -4.30. The van der Waals surface area contributed by atoms with Crippen LogP contribution in [0.1, 0.15) is 56.1 Å². The molecule has 0 aromatic heterocycles. The Kier molecular flexibility index (Phi) is 5.85. The summed E-state index contributed by atoms with van der Waals surface area (Å²) in [7, 11) is 0. The monoisotopic (exact) mass is 326 g/mol. The third-order valence-electron chi connectivity index (χ3n) is 4.16. The number of ether oxygens (including phenoxy) is 1. The van der Waals surface area contributed by atoms with Crippen molar-refractivity contribution in [2.75, 3.05) is 0 Å². The fourth-order valence-electron chi connectivity index (χ4n) is 2.88. The van der Waals surface area contributed by atoms with Crippen molar-refractivity contribution < 1.29 is 22.7 Å². The zero-order valence-corrected chi connectivity index (χ0v) is 13.1. The number of hydrogen-bond donors (Lipinski definition) is 0. The molecule has 0 atom stereocenters. The molecule has 1 aliphatic carbocycles. The average Bonchev–Trinajstić information content (AvgIpc) is 2.53. The van der Waals surface area contributed by atoms with Crippen LogP contribution in [0.2, 0.25) is 0 Å². The molecule has 0 heterocycles. The van der Waals surface area contributed by atoms with Gasteiger partial charge in [0.15, 0.2) is 0 Å². The van der Waals surface area contributed by atoms with E-state index in [4.69, 9.17) is 4.74 Å². The van der Waals surface area contributed by atoms with Gasteiger partial charge in [0.05, 0.1) is 5.56 Å². The third kappa shape index (κ3) is 5.12. The summed E-state index contributed by atoms with van der Waals surface area (Å²) in [5.41, 5.74) is 0.306. The highest BCUT2D eigenvalue weighted by atomic mass is 19.4. The summed E-state index contributed by atoms with van der Waals surface area (Å²) in [6.07, 6.45) is 2.75. The summed E-state index contributed by atoms with van der Waals surface area (Å²) in [6, 6.07) is 5.39. The topological polar surface area (TPSA) is 26.3 Å². The molecule has 0 aliphatic heterocycles. The first kappa shape index (κ1) is 17.6. The first-order valence-corrected chi connectivity index (χ1v) is 7.94. The number of alkyl halides is 3. The van der Waals surface area contributed by atoms with Gasteiger partial charge in [-0.25, -0.2) is 4.79 Å². The maximum atomic E-state index is 12.6. The molecule has 0 amide bonds. The summed E-state index contributed by atoms with van der Waals surface area (Å²) in [5, 5.41) is 0. The van der Waals surface area contributed by atoms with Crippen LogP contribution in [0.5, 0.6) is 0 Å². The number of esters is 1. The molecule has 0 N–H and O–H groups in total. The Morgan fingerprint density at radius 1 is 1.17 bits per heavy atom. The van der Waals surface area contributed by atoms with Crippen LogP contribution in [0, 0.1) is 0 Å². The quantitative estimate of drug-likeness (QED) is 0.558. The van der Waals surface area contributed by atoms with Crippen LogP contribution >= 0.6 is 0 Å². The van der Waals surface area contributed by atoms with Gasteiger partial charge >= 0.3 is 12.1 Å². The third-order valence-corrected chi connectivity index (χ3v) is 4.16. The fraction of sp³-hybridized carbons (Fsp3) is 0.500. The lowest BCUT2D eigenvalue weighted by Gasteiger charge is -2.28. The number of halogens is 3. The van der Waals surface area contributed by atoms with Gasteiger partial charge in [-0.2, -0.15) is 13.2 Å². The van der Waals surface area contributed by atoms with Crippen LogP contribution < -0.4 is 0 Å². The molecule has 5 heteroatoms. The number of allylic oxidation sites excluding steroid dienone is 1. The van der Waals surface area contributed by atoms with Gasteiger partial charge in [-0.05, 0) is 55.7 Å². The molecule has 1 aromatic rings. The first-order chi connectivity index (χ1) is 10.9. The van der Waals surface area contributed by atoms with Gasteiger partial charge in [-0.3, -0.25) is 0 Å². The Bertz CT molecular complexity index is 538. The average molecular weight is 326 g/mol. The zero-order chi connectivity index (χ0) is 16.9. The Morgan fingerprint density at radius 3 is 2.30 bits per heavy atom. The standard InChI is InChI=1S/C18H21F3O2/c1-2-3-4-17(22)23-16-11-7-14(8-12-16)13-5-9-15(10-6-13)18(19,20)21/h3-6,9-10,14,16H,2,7-8,11-12H2,1H3. The maximum absolute atomic E-state index is 12.6. The predicted molar refractivity (Wildman–Crippen MR) is 82.0 cm³/mol. The van der Waals surface area contributed by atoms with Crippen LogP contribution in [0.15, 0.2) is 36.4 Å². The highest BCUT2D eigenvalue weighted by molar-refractivity contribution is 5.82. The molecule has 0 bridgehead atoms. The fourth-order valence-corrected chi connectivity index (χ4v) is 2.88. The second-order valence-electron chi connectivity index (χ2n) is 5.84. The highest BCUT2D eigenvalue weighted by Crippen LogP contribution is 2.36. The van der Waals surface area contributed by atoms with Crippen molar-refractivity contribution in [3.63, 3.8) is 0 Å². The zero-order valence-electron chi connectivity index (χ0n) is 13.1. The van der Waals surface area contributed by atoms with Crippen molar-refractivity contribution in [3.05, 3.63) is 47.5 Å². The molecule has 1 aliphatic rings. The second-order valence-corrected chi connectivity index (χ2v) is 5.84. The molecule has 1 fully saturated rings. The van der Waals surface area contributed by atoms with Crippen molar-refractivity contribution in [2.45, 2.75) is 57.2 Å². The minimum Gasteiger partial charge on any atom is -0.459 e. The highest BCUT2D eigenvalue weighted by Gasteiger charge is 2.31. The Balaban J connectivity index is 1.87. The summed E-state index contributed by atoms with van der Waals surface area (Å²) in [6.45, 7) is 1.94. The van der Waals surface area contributed by atoms with E-state index in [1.807, 2.05) is 6.92 Å². The molecule has 0 spiro atoms. The lowest BCUT2D eigenvalue weighted by atomic mass is 9.82. The molecule has 0 unspecified atom stereocenters. The summed E-state index contributed by atoms with van der Waals surface area (Å²) in [4.78, 5) is 11.5. The summed E-state index contributed by atoms with van der Waals surface area (Å²) >= 11 is 0. The molecule has 0 saturated heterocycles. The number of benzene rings is 1. The van der Waals surface area contributed by atoms with E-state index in [0.717, 1.165) is 49.8 Å². The van der Waals surface area contributed by atoms with E-state index in [1.165, 1.54) is 6.08 Å². The van der Waals surface area contributed by atoms with Gasteiger partial charge in [0.1, 0.15) is 6.10 Å². The lowest BCUT2D eigenvalue weighted by molar-refractivity contribution is -0.144. The SMILES string of the molecule is CCC=CC(=O)OC1CCC(c2ccc(C(F)(F)F)cc2)CC1. The van der Waals surface area contributed by atoms with E-state index in [-0.39, 0.29) is 18.0 Å². The molecular weight excluding hydrogens is 305 g/mol. The van der Waals surface area contributed by atoms with Crippen molar-refractivity contribution in [2.24, 2.45) is 0 Å². The van der Waals surface area contributed by atoms with Gasteiger partial charge in [-0.15, -0.1) is 0 Å². The summed E-state index contributed by atoms with van der Waals surface area (Å²) < 4.78 is 43.1. The molecule has 126 valence electrons. The molecule has 23 heavy (non-hydrogen) atoms. The molecule has 1 aromatic carbocycles. The normalized spacial score (nSPS) is 22.3. The van der Waals surface area contributed by atoms with Crippen LogP contribution in [0.25, 0.3) is 0 Å². The van der Waals surface area contributed by atoms with Gasteiger partial charge in [-0.1, -0.05) is 25.1 Å². The van der Waals surface area contributed by atoms with E-state index in [2.05, 4.69) is 0 Å². The molecule has 2 nitrogen and oxygen atoms in total. The van der Waals surface area contributed by atoms with E-state index >= 15 is 0 Å². The molecular formula is C18H21F3O2. The van der Waals surface area contributed by atoms with Gasteiger partial charge < -0.3 is 4.74 Å².